The van der Waals surface area contributed by atoms with Gasteiger partial charge in [-0.1, -0.05) is 18.2 Å². The molecule has 32 heavy (non-hydrogen) atoms. The van der Waals surface area contributed by atoms with Gasteiger partial charge in [-0.15, -0.1) is 10.2 Å². The highest BCUT2D eigenvalue weighted by atomic mass is 35.5. The number of likely N-dealkylation sites (tertiary alicyclic amines) is 1. The number of hydrogen-bond donors (Lipinski definition) is 1. The fraction of sp³-hybridized carbons (Fsp3) is 0.450. The highest BCUT2D eigenvalue weighted by Gasteiger charge is 2.44. The van der Waals surface area contributed by atoms with Gasteiger partial charge in [0.25, 0.3) is 5.91 Å². The summed E-state index contributed by atoms with van der Waals surface area (Å²) in [7, 11) is 0. The highest BCUT2D eigenvalue weighted by Crippen LogP contribution is 2.35. The van der Waals surface area contributed by atoms with Crippen molar-refractivity contribution >= 4 is 17.5 Å². The molecule has 0 aliphatic carbocycles. The van der Waals surface area contributed by atoms with Crippen molar-refractivity contribution in [3.05, 3.63) is 53.1 Å². The number of aryl methyl sites for hydroxylation is 1. The van der Waals surface area contributed by atoms with Gasteiger partial charge in [0.2, 0.25) is 11.8 Å². The minimum absolute atomic E-state index is 0.0511. The lowest BCUT2D eigenvalue weighted by Gasteiger charge is -2.44. The van der Waals surface area contributed by atoms with Crippen LogP contribution in [-0.4, -0.2) is 52.9 Å². The number of carbonyl (C=O) groups is 1. The first-order valence-corrected chi connectivity index (χ1v) is 10.1. The topological polar surface area (TPSA) is 80.5 Å². The molecule has 1 aromatic carbocycles. The molecule has 1 aromatic heterocycles. The summed E-state index contributed by atoms with van der Waals surface area (Å²) < 4.78 is 61.6. The van der Waals surface area contributed by atoms with Crippen molar-refractivity contribution in [2.75, 3.05) is 19.7 Å². The maximum Gasteiger partial charge on any atom is 0.401 e. The lowest BCUT2D eigenvalue weighted by Crippen LogP contribution is -2.55. The number of rotatable bonds is 9. The Morgan fingerprint density at radius 1 is 1.41 bits per heavy atom. The molecule has 0 saturated carbocycles. The molecule has 2 heterocycles. The Kier molecular flexibility index (Phi) is 7.40. The zero-order chi connectivity index (χ0) is 23.5. The summed E-state index contributed by atoms with van der Waals surface area (Å²) in [5, 5.41) is 10.3. The largest absolute Gasteiger partial charge is 0.484 e. The number of nitrogens with one attached hydrogen (secondary N) is 1. The molecule has 0 bridgehead atoms. The number of amides is 1. The van der Waals surface area contributed by atoms with Crippen LogP contribution in [0.5, 0.6) is 5.75 Å². The Bertz CT molecular complexity index is 982. The number of allylic oxidation sites excluding steroid dienone is 1. The Labute approximate surface area is 186 Å². The Balaban J connectivity index is 1.39. The van der Waals surface area contributed by atoms with Gasteiger partial charge in [0, 0.05) is 30.8 Å². The summed E-state index contributed by atoms with van der Waals surface area (Å²) in [5.41, 5.74) is 0.383. The van der Waals surface area contributed by atoms with Gasteiger partial charge in [0.1, 0.15) is 11.6 Å². The van der Waals surface area contributed by atoms with E-state index in [0.29, 0.717) is 30.3 Å². The molecule has 3 rings (SSSR count). The number of ether oxygens (including phenoxy) is 1. The van der Waals surface area contributed by atoms with Crippen LogP contribution in [0.2, 0.25) is 5.02 Å². The molecule has 1 saturated heterocycles. The third kappa shape index (κ3) is 6.42. The lowest BCUT2D eigenvalue weighted by atomic mass is 9.90. The van der Waals surface area contributed by atoms with Gasteiger partial charge in [0.05, 0.1) is 17.5 Å². The van der Waals surface area contributed by atoms with Crippen molar-refractivity contribution in [2.45, 2.75) is 37.9 Å². The summed E-state index contributed by atoms with van der Waals surface area (Å²) in [6, 6.07) is 3.47. The molecule has 0 radical (unpaired) electrons. The van der Waals surface area contributed by atoms with Crippen LogP contribution in [-0.2, 0) is 11.2 Å². The third-order valence-corrected chi connectivity index (χ3v) is 5.30. The SMILES string of the molecule is C=C(CCc1nnc(C2CN(CC(F)(F)F)[C@H]2C)o1)NC(=O)COc1ccc(Cl)c(F)c1. The molecule has 1 aliphatic rings. The third-order valence-electron chi connectivity index (χ3n) is 4.99. The lowest BCUT2D eigenvalue weighted by molar-refractivity contribution is -0.164. The predicted molar refractivity (Wildman–Crippen MR) is 107 cm³/mol. The van der Waals surface area contributed by atoms with E-state index >= 15 is 0 Å². The zero-order valence-electron chi connectivity index (χ0n) is 17.1. The van der Waals surface area contributed by atoms with Crippen LogP contribution >= 0.6 is 11.6 Å². The van der Waals surface area contributed by atoms with Crippen LogP contribution in [0.15, 0.2) is 34.9 Å². The second-order valence-corrected chi connectivity index (χ2v) is 7.85. The van der Waals surface area contributed by atoms with Gasteiger partial charge in [-0.3, -0.25) is 9.69 Å². The molecule has 1 aliphatic heterocycles. The van der Waals surface area contributed by atoms with Crippen molar-refractivity contribution < 1.29 is 31.5 Å². The van der Waals surface area contributed by atoms with E-state index in [0.717, 1.165) is 6.07 Å². The molecule has 2 atom stereocenters. The molecule has 2 aromatic rings. The normalized spacial score (nSPS) is 18.8. The first-order chi connectivity index (χ1) is 15.0. The van der Waals surface area contributed by atoms with Crippen LogP contribution in [0, 0.1) is 5.82 Å². The van der Waals surface area contributed by atoms with E-state index in [9.17, 15) is 22.4 Å². The van der Waals surface area contributed by atoms with Crippen LogP contribution in [0.1, 0.15) is 31.0 Å². The Hall–Kier alpha value is -2.66. The number of benzene rings is 1. The summed E-state index contributed by atoms with van der Waals surface area (Å²) in [6.45, 7) is 4.31. The molecule has 12 heteroatoms. The van der Waals surface area contributed by atoms with E-state index in [1.54, 1.807) is 6.92 Å². The van der Waals surface area contributed by atoms with Gasteiger partial charge in [-0.25, -0.2) is 4.39 Å². The molecule has 1 unspecified atom stereocenters. The first-order valence-electron chi connectivity index (χ1n) is 9.70. The van der Waals surface area contributed by atoms with E-state index < -0.39 is 24.4 Å². The standard InChI is InChI=1S/C20H21ClF4N4O3/c1-11(26-17(30)9-31-13-4-5-15(21)16(22)7-13)3-6-18-27-28-19(32-18)14-8-29(12(14)2)10-20(23,24)25/h4-5,7,12,14H,1,3,6,8-10H2,2H3,(H,26,30)/t12-,14?/m0/s1. The van der Waals surface area contributed by atoms with E-state index in [4.69, 9.17) is 20.8 Å². The molecule has 0 spiro atoms. The average Bonchev–Trinajstić information content (AvgIpc) is 3.17. The number of nitrogens with zero attached hydrogens (tertiary/aromatic N) is 3. The van der Waals surface area contributed by atoms with Crippen LogP contribution < -0.4 is 10.1 Å². The van der Waals surface area contributed by atoms with E-state index in [-0.39, 0.29) is 35.9 Å². The summed E-state index contributed by atoms with van der Waals surface area (Å²) >= 11 is 5.58. The molecule has 1 fully saturated rings. The van der Waals surface area contributed by atoms with E-state index in [1.807, 2.05) is 0 Å². The molecule has 1 N–H and O–H groups in total. The van der Waals surface area contributed by atoms with Crippen molar-refractivity contribution in [1.82, 2.24) is 20.4 Å². The van der Waals surface area contributed by atoms with Crippen LogP contribution in [0.4, 0.5) is 17.6 Å². The van der Waals surface area contributed by atoms with Crippen molar-refractivity contribution in [3.63, 3.8) is 0 Å². The molecule has 1 amide bonds. The quantitative estimate of drug-likeness (QED) is 0.554. The van der Waals surface area contributed by atoms with Gasteiger partial charge < -0.3 is 14.5 Å². The number of hydrogen-bond acceptors (Lipinski definition) is 6. The van der Waals surface area contributed by atoms with Gasteiger partial charge in [0.15, 0.2) is 6.61 Å². The maximum absolute atomic E-state index is 13.4. The number of halogens is 5. The molecule has 7 nitrogen and oxygen atoms in total. The van der Waals surface area contributed by atoms with Gasteiger partial charge >= 0.3 is 6.18 Å². The van der Waals surface area contributed by atoms with Gasteiger partial charge in [-0.05, 0) is 25.5 Å². The predicted octanol–water partition coefficient (Wildman–Crippen LogP) is 3.85. The van der Waals surface area contributed by atoms with Crippen molar-refractivity contribution in [1.29, 1.82) is 0 Å². The molecule has 174 valence electrons. The summed E-state index contributed by atoms with van der Waals surface area (Å²) in [6.07, 6.45) is -3.65. The van der Waals surface area contributed by atoms with E-state index in [1.165, 1.54) is 17.0 Å². The fourth-order valence-electron chi connectivity index (χ4n) is 3.20. The monoisotopic (exact) mass is 476 g/mol. The molecular weight excluding hydrogens is 456 g/mol. The number of aromatic nitrogens is 2. The maximum atomic E-state index is 13.4. The minimum atomic E-state index is -4.25. The highest BCUT2D eigenvalue weighted by molar-refractivity contribution is 6.30. The first kappa shape index (κ1) is 24.0. The van der Waals surface area contributed by atoms with Crippen LogP contribution in [0.25, 0.3) is 0 Å². The minimum Gasteiger partial charge on any atom is -0.484 e. The summed E-state index contributed by atoms with van der Waals surface area (Å²) in [5.74, 6) is -0.641. The fourth-order valence-corrected chi connectivity index (χ4v) is 3.32. The van der Waals surface area contributed by atoms with E-state index in [2.05, 4.69) is 22.1 Å². The Morgan fingerprint density at radius 3 is 2.81 bits per heavy atom. The second kappa shape index (κ2) is 9.86. The smallest absolute Gasteiger partial charge is 0.401 e. The van der Waals surface area contributed by atoms with Gasteiger partial charge in [-0.2, -0.15) is 13.2 Å². The van der Waals surface area contributed by atoms with Crippen molar-refractivity contribution in [2.24, 2.45) is 0 Å². The average molecular weight is 477 g/mol. The number of carbonyl (C=O) groups excluding carboxylic acids is 1. The zero-order valence-corrected chi connectivity index (χ0v) is 17.8. The summed E-state index contributed by atoms with van der Waals surface area (Å²) in [4.78, 5) is 13.2. The Morgan fingerprint density at radius 2 is 2.16 bits per heavy atom. The van der Waals surface area contributed by atoms with Crippen molar-refractivity contribution in [3.8, 4) is 5.75 Å². The number of alkyl halides is 3. The van der Waals surface area contributed by atoms with Crippen LogP contribution in [0.3, 0.4) is 0 Å². The second-order valence-electron chi connectivity index (χ2n) is 7.44. The molecular formula is C20H21ClF4N4O3.